The van der Waals surface area contributed by atoms with E-state index in [2.05, 4.69) is 5.32 Å². The first kappa shape index (κ1) is 15.9. The molecule has 1 aromatic heterocycles. The van der Waals surface area contributed by atoms with Crippen LogP contribution in [0.25, 0.3) is 10.9 Å². The fourth-order valence-electron chi connectivity index (χ4n) is 2.87. The predicted molar refractivity (Wildman–Crippen MR) is 96.8 cm³/mol. The molecule has 0 radical (unpaired) electrons. The van der Waals surface area contributed by atoms with Crippen LogP contribution in [0.2, 0.25) is 10.0 Å². The number of fused-ring (bicyclic) bond motifs is 1. The Kier molecular flexibility index (Phi) is 4.33. The molecule has 3 aromatic rings. The summed E-state index contributed by atoms with van der Waals surface area (Å²) in [6, 6.07) is 12.8. The second-order valence-corrected chi connectivity index (χ2v) is 6.22. The molecule has 1 heterocycles. The summed E-state index contributed by atoms with van der Waals surface area (Å²) in [6.07, 6.45) is 0. The lowest BCUT2D eigenvalue weighted by atomic mass is 10.1. The summed E-state index contributed by atoms with van der Waals surface area (Å²) in [5, 5.41) is 5.16. The van der Waals surface area contributed by atoms with Crippen molar-refractivity contribution in [2.24, 2.45) is 0 Å². The van der Waals surface area contributed by atoms with Crippen molar-refractivity contribution in [1.82, 2.24) is 4.57 Å². The Morgan fingerprint density at radius 2 is 1.87 bits per heavy atom. The standard InChI is InChI=1S/C18H16Cl2N2O/c1-3-22-16-8-7-13(20)10-15(16)11(2)17(22)18(23)21-14-6-4-5-12(19)9-14/h4-10H,3H2,1-2H3,(H,21,23). The average molecular weight is 347 g/mol. The topological polar surface area (TPSA) is 34.0 Å². The van der Waals surface area contributed by atoms with Crippen molar-refractivity contribution in [3.8, 4) is 0 Å². The summed E-state index contributed by atoms with van der Waals surface area (Å²) in [6.45, 7) is 4.66. The van der Waals surface area contributed by atoms with E-state index in [4.69, 9.17) is 23.2 Å². The van der Waals surface area contributed by atoms with Crippen molar-refractivity contribution in [2.45, 2.75) is 20.4 Å². The van der Waals surface area contributed by atoms with Gasteiger partial charge in [0.2, 0.25) is 0 Å². The maximum Gasteiger partial charge on any atom is 0.272 e. The Morgan fingerprint density at radius 3 is 2.57 bits per heavy atom. The monoisotopic (exact) mass is 346 g/mol. The minimum absolute atomic E-state index is 0.154. The minimum Gasteiger partial charge on any atom is -0.337 e. The molecule has 2 aromatic carbocycles. The summed E-state index contributed by atoms with van der Waals surface area (Å²) in [4.78, 5) is 12.8. The van der Waals surface area contributed by atoms with Gasteiger partial charge in [-0.05, 0) is 55.8 Å². The number of benzene rings is 2. The van der Waals surface area contributed by atoms with Crippen LogP contribution in [0.15, 0.2) is 42.5 Å². The van der Waals surface area contributed by atoms with Gasteiger partial charge in [0, 0.05) is 33.2 Å². The molecule has 1 N–H and O–H groups in total. The van der Waals surface area contributed by atoms with E-state index in [-0.39, 0.29) is 5.91 Å². The van der Waals surface area contributed by atoms with Crippen molar-refractivity contribution in [3.05, 3.63) is 63.8 Å². The van der Waals surface area contributed by atoms with Crippen LogP contribution in [0, 0.1) is 6.92 Å². The molecule has 0 unspecified atom stereocenters. The Labute approximate surface area is 144 Å². The molecular formula is C18H16Cl2N2O. The molecule has 0 aliphatic carbocycles. The molecule has 5 heteroatoms. The highest BCUT2D eigenvalue weighted by molar-refractivity contribution is 6.31. The number of nitrogens with one attached hydrogen (secondary N) is 1. The van der Waals surface area contributed by atoms with Crippen molar-refractivity contribution < 1.29 is 4.79 Å². The van der Waals surface area contributed by atoms with E-state index in [9.17, 15) is 4.79 Å². The van der Waals surface area contributed by atoms with Gasteiger partial charge in [0.1, 0.15) is 5.69 Å². The van der Waals surface area contributed by atoms with E-state index >= 15 is 0 Å². The highest BCUT2D eigenvalue weighted by atomic mass is 35.5. The van der Waals surface area contributed by atoms with Crippen LogP contribution in [0.3, 0.4) is 0 Å². The van der Waals surface area contributed by atoms with Gasteiger partial charge in [-0.15, -0.1) is 0 Å². The number of carbonyl (C=O) groups is 1. The summed E-state index contributed by atoms with van der Waals surface area (Å²) in [5.41, 5.74) is 3.24. The second kappa shape index (κ2) is 6.26. The minimum atomic E-state index is -0.154. The molecule has 3 rings (SSSR count). The van der Waals surface area contributed by atoms with Crippen molar-refractivity contribution >= 4 is 45.7 Å². The fourth-order valence-corrected chi connectivity index (χ4v) is 3.23. The van der Waals surface area contributed by atoms with Crippen LogP contribution in [0.4, 0.5) is 5.69 Å². The van der Waals surface area contributed by atoms with Crippen molar-refractivity contribution in [3.63, 3.8) is 0 Å². The number of rotatable bonds is 3. The lowest BCUT2D eigenvalue weighted by molar-refractivity contribution is 0.101. The first-order valence-electron chi connectivity index (χ1n) is 7.36. The number of anilines is 1. The molecule has 3 nitrogen and oxygen atoms in total. The zero-order valence-electron chi connectivity index (χ0n) is 12.9. The summed E-state index contributed by atoms with van der Waals surface area (Å²) in [7, 11) is 0. The second-order valence-electron chi connectivity index (χ2n) is 5.34. The lowest BCUT2D eigenvalue weighted by Crippen LogP contribution is -2.17. The molecule has 0 atom stereocenters. The van der Waals surface area contributed by atoms with E-state index in [1.54, 1.807) is 18.2 Å². The van der Waals surface area contributed by atoms with E-state index in [0.717, 1.165) is 16.5 Å². The summed E-state index contributed by atoms with van der Waals surface area (Å²) >= 11 is 12.1. The van der Waals surface area contributed by atoms with E-state index < -0.39 is 0 Å². The van der Waals surface area contributed by atoms with Crippen molar-refractivity contribution in [2.75, 3.05) is 5.32 Å². The van der Waals surface area contributed by atoms with Gasteiger partial charge in [0.15, 0.2) is 0 Å². The maximum absolute atomic E-state index is 12.8. The highest BCUT2D eigenvalue weighted by Gasteiger charge is 2.19. The van der Waals surface area contributed by atoms with Gasteiger partial charge in [-0.25, -0.2) is 0 Å². The van der Waals surface area contributed by atoms with Crippen LogP contribution in [0.1, 0.15) is 23.0 Å². The van der Waals surface area contributed by atoms with Gasteiger partial charge in [-0.1, -0.05) is 29.3 Å². The van der Waals surface area contributed by atoms with Crippen molar-refractivity contribution in [1.29, 1.82) is 0 Å². The first-order valence-corrected chi connectivity index (χ1v) is 8.12. The van der Waals surface area contributed by atoms with Crippen LogP contribution in [-0.2, 0) is 6.54 Å². The molecule has 118 valence electrons. The highest BCUT2D eigenvalue weighted by Crippen LogP contribution is 2.29. The van der Waals surface area contributed by atoms with Gasteiger partial charge >= 0.3 is 0 Å². The largest absolute Gasteiger partial charge is 0.337 e. The van der Waals surface area contributed by atoms with Gasteiger partial charge in [0.05, 0.1) is 0 Å². The average Bonchev–Trinajstić information content (AvgIpc) is 2.79. The zero-order chi connectivity index (χ0) is 16.6. The smallest absolute Gasteiger partial charge is 0.272 e. The molecule has 0 bridgehead atoms. The molecule has 0 aliphatic rings. The third-order valence-corrected chi connectivity index (χ3v) is 4.36. The van der Waals surface area contributed by atoms with E-state index in [1.807, 2.05) is 42.7 Å². The molecular weight excluding hydrogens is 331 g/mol. The van der Waals surface area contributed by atoms with Crippen LogP contribution >= 0.6 is 23.2 Å². The first-order chi connectivity index (χ1) is 11.0. The number of carbonyl (C=O) groups excluding carboxylic acids is 1. The third kappa shape index (κ3) is 2.94. The Balaban J connectivity index is 2.08. The summed E-state index contributed by atoms with van der Waals surface area (Å²) < 4.78 is 2.00. The molecule has 0 aliphatic heterocycles. The number of nitrogens with zero attached hydrogens (tertiary/aromatic N) is 1. The number of hydrogen-bond acceptors (Lipinski definition) is 1. The maximum atomic E-state index is 12.8. The molecule has 1 amide bonds. The summed E-state index contributed by atoms with van der Waals surface area (Å²) in [5.74, 6) is -0.154. The normalized spacial score (nSPS) is 11.0. The van der Waals surface area contributed by atoms with E-state index in [1.165, 1.54) is 0 Å². The SMILES string of the molecule is CCn1c(C(=O)Nc2cccc(Cl)c2)c(C)c2cc(Cl)ccc21. The Bertz CT molecular complexity index is 899. The molecule has 0 saturated heterocycles. The fraction of sp³-hybridized carbons (Fsp3) is 0.167. The Morgan fingerprint density at radius 1 is 1.13 bits per heavy atom. The third-order valence-electron chi connectivity index (χ3n) is 3.89. The molecule has 0 fully saturated rings. The van der Waals surface area contributed by atoms with Gasteiger partial charge in [0.25, 0.3) is 5.91 Å². The molecule has 0 saturated carbocycles. The van der Waals surface area contributed by atoms with E-state index in [0.29, 0.717) is 28.0 Å². The zero-order valence-corrected chi connectivity index (χ0v) is 14.4. The lowest BCUT2D eigenvalue weighted by Gasteiger charge is -2.10. The van der Waals surface area contributed by atoms with Crippen LogP contribution in [0.5, 0.6) is 0 Å². The van der Waals surface area contributed by atoms with Gasteiger partial charge in [-0.2, -0.15) is 0 Å². The number of aromatic nitrogens is 1. The van der Waals surface area contributed by atoms with Gasteiger partial charge in [-0.3, -0.25) is 4.79 Å². The van der Waals surface area contributed by atoms with Gasteiger partial charge < -0.3 is 9.88 Å². The molecule has 0 spiro atoms. The number of amides is 1. The quantitative estimate of drug-likeness (QED) is 0.664. The Hall–Kier alpha value is -1.97. The number of halogens is 2. The number of hydrogen-bond donors (Lipinski definition) is 1. The van der Waals surface area contributed by atoms with Crippen LogP contribution in [-0.4, -0.2) is 10.5 Å². The number of aryl methyl sites for hydroxylation is 2. The molecule has 23 heavy (non-hydrogen) atoms. The van der Waals surface area contributed by atoms with Crippen LogP contribution < -0.4 is 5.32 Å². The predicted octanol–water partition coefficient (Wildman–Crippen LogP) is 5.53.